The van der Waals surface area contributed by atoms with Gasteiger partial charge in [-0.2, -0.15) is 0 Å². The predicted octanol–water partition coefficient (Wildman–Crippen LogP) is 1.77. The molecular weight excluding hydrogens is 262 g/mol. The minimum atomic E-state index is 0.0953. The van der Waals surface area contributed by atoms with Gasteiger partial charge in [0.25, 0.3) is 0 Å². The molecule has 2 rings (SSSR count). The molecule has 1 atom stereocenters. The highest BCUT2D eigenvalue weighted by atomic mass is 16.2. The molecule has 0 spiro atoms. The summed E-state index contributed by atoms with van der Waals surface area (Å²) in [4.78, 5) is 14.0. The number of hydrogen-bond acceptors (Lipinski definition) is 3. The van der Waals surface area contributed by atoms with E-state index in [4.69, 9.17) is 0 Å². The summed E-state index contributed by atoms with van der Waals surface area (Å²) in [6, 6.07) is 10.7. The molecule has 1 fully saturated rings. The Morgan fingerprint density at radius 3 is 2.86 bits per heavy atom. The Morgan fingerprint density at radius 1 is 1.33 bits per heavy atom. The van der Waals surface area contributed by atoms with E-state index in [9.17, 15) is 4.79 Å². The van der Waals surface area contributed by atoms with Crippen LogP contribution in [0, 0.1) is 0 Å². The second-order valence-corrected chi connectivity index (χ2v) is 5.94. The Hall–Kier alpha value is -1.39. The van der Waals surface area contributed by atoms with Crippen LogP contribution in [0.15, 0.2) is 30.3 Å². The van der Waals surface area contributed by atoms with E-state index in [1.165, 1.54) is 19.3 Å². The summed E-state index contributed by atoms with van der Waals surface area (Å²) in [5.41, 5.74) is 1.14. The molecule has 0 aromatic heterocycles. The minimum absolute atomic E-state index is 0.0953. The van der Waals surface area contributed by atoms with Crippen LogP contribution in [0.5, 0.6) is 0 Å². The van der Waals surface area contributed by atoms with Gasteiger partial charge in [-0.05, 0) is 45.0 Å². The molecule has 1 aromatic rings. The summed E-state index contributed by atoms with van der Waals surface area (Å²) < 4.78 is 0. The first kappa shape index (κ1) is 16.0. The van der Waals surface area contributed by atoms with Crippen molar-refractivity contribution in [3.63, 3.8) is 0 Å². The van der Waals surface area contributed by atoms with Crippen molar-refractivity contribution in [2.45, 2.75) is 38.3 Å². The van der Waals surface area contributed by atoms with Crippen LogP contribution in [0.3, 0.4) is 0 Å². The van der Waals surface area contributed by atoms with Gasteiger partial charge < -0.3 is 10.6 Å². The topological polar surface area (TPSA) is 44.4 Å². The fraction of sp³-hybridized carbons (Fsp3) is 0.588. The van der Waals surface area contributed by atoms with Gasteiger partial charge in [0.2, 0.25) is 5.91 Å². The van der Waals surface area contributed by atoms with Crippen LogP contribution < -0.4 is 10.6 Å². The number of benzene rings is 1. The quantitative estimate of drug-likeness (QED) is 0.804. The molecule has 1 unspecified atom stereocenters. The van der Waals surface area contributed by atoms with Crippen molar-refractivity contribution < 1.29 is 4.79 Å². The molecule has 21 heavy (non-hydrogen) atoms. The van der Waals surface area contributed by atoms with Gasteiger partial charge in [-0.25, -0.2) is 0 Å². The summed E-state index contributed by atoms with van der Waals surface area (Å²) in [7, 11) is 2.02. The lowest BCUT2D eigenvalue weighted by atomic mass is 10.0. The smallest absolute Gasteiger partial charge is 0.234 e. The molecule has 0 aliphatic carbocycles. The third kappa shape index (κ3) is 6.27. The van der Waals surface area contributed by atoms with Gasteiger partial charge in [-0.1, -0.05) is 36.8 Å². The maximum absolute atomic E-state index is 11.9. The zero-order valence-electron chi connectivity index (χ0n) is 13.0. The van der Waals surface area contributed by atoms with Gasteiger partial charge in [0.15, 0.2) is 0 Å². The summed E-state index contributed by atoms with van der Waals surface area (Å²) >= 11 is 0. The first-order valence-corrected chi connectivity index (χ1v) is 7.96. The number of piperidine rings is 1. The molecule has 0 bridgehead atoms. The molecule has 1 saturated heterocycles. The summed E-state index contributed by atoms with van der Waals surface area (Å²) in [6.45, 7) is 3.19. The van der Waals surface area contributed by atoms with Crippen LogP contribution in [0.4, 0.5) is 0 Å². The van der Waals surface area contributed by atoms with Crippen molar-refractivity contribution in [1.82, 2.24) is 15.5 Å². The van der Waals surface area contributed by atoms with E-state index in [0.717, 1.165) is 25.1 Å². The number of hydrogen-bond donors (Lipinski definition) is 2. The molecule has 4 heteroatoms. The van der Waals surface area contributed by atoms with Crippen LogP contribution in [0.1, 0.15) is 31.2 Å². The number of nitrogens with zero attached hydrogens (tertiary/aromatic N) is 1. The van der Waals surface area contributed by atoms with Gasteiger partial charge in [0.05, 0.1) is 6.54 Å². The number of nitrogens with one attached hydrogen (secondary N) is 2. The van der Waals surface area contributed by atoms with Crippen molar-refractivity contribution in [3.05, 3.63) is 35.9 Å². The van der Waals surface area contributed by atoms with Crippen molar-refractivity contribution in [3.8, 4) is 0 Å². The number of carbonyl (C=O) groups excluding carboxylic acids is 1. The lowest BCUT2D eigenvalue weighted by Crippen LogP contribution is -2.39. The second kappa shape index (κ2) is 8.80. The number of rotatable bonds is 7. The average Bonchev–Trinajstić information content (AvgIpc) is 2.53. The molecule has 0 radical (unpaired) electrons. The molecule has 116 valence electrons. The van der Waals surface area contributed by atoms with Gasteiger partial charge in [-0.15, -0.1) is 0 Å². The van der Waals surface area contributed by atoms with E-state index in [1.54, 1.807) is 0 Å². The largest absolute Gasteiger partial charge is 0.351 e. The molecule has 1 aliphatic rings. The zero-order chi connectivity index (χ0) is 14.9. The molecule has 2 N–H and O–H groups in total. The van der Waals surface area contributed by atoms with Crippen LogP contribution in [0.2, 0.25) is 0 Å². The van der Waals surface area contributed by atoms with Gasteiger partial charge >= 0.3 is 0 Å². The maximum atomic E-state index is 11.9. The number of carbonyl (C=O) groups is 1. The third-order valence-corrected chi connectivity index (χ3v) is 4.02. The van der Waals surface area contributed by atoms with Crippen molar-refractivity contribution in [2.24, 2.45) is 0 Å². The highest BCUT2D eigenvalue weighted by Gasteiger charge is 2.13. The van der Waals surface area contributed by atoms with Crippen molar-refractivity contribution >= 4 is 5.91 Å². The van der Waals surface area contributed by atoms with E-state index in [2.05, 4.69) is 15.5 Å². The summed E-state index contributed by atoms with van der Waals surface area (Å²) in [5, 5.41) is 6.52. The normalized spacial score (nSPS) is 18.7. The maximum Gasteiger partial charge on any atom is 0.234 e. The highest BCUT2D eigenvalue weighted by molar-refractivity contribution is 5.77. The highest BCUT2D eigenvalue weighted by Crippen LogP contribution is 2.10. The van der Waals surface area contributed by atoms with Gasteiger partial charge in [0, 0.05) is 12.6 Å². The second-order valence-electron chi connectivity index (χ2n) is 5.94. The van der Waals surface area contributed by atoms with Gasteiger partial charge in [-0.3, -0.25) is 9.69 Å². The predicted molar refractivity (Wildman–Crippen MR) is 86.0 cm³/mol. The SMILES string of the molecule is CN(CCC1CCCCN1)CC(=O)NCc1ccccc1. The Balaban J connectivity index is 1.60. The first-order chi connectivity index (χ1) is 10.2. The van der Waals surface area contributed by atoms with Gasteiger partial charge in [0.1, 0.15) is 0 Å². The van der Waals surface area contributed by atoms with Crippen LogP contribution in [-0.2, 0) is 11.3 Å². The number of likely N-dealkylation sites (N-methyl/N-ethyl adjacent to an activating group) is 1. The van der Waals surface area contributed by atoms with Crippen LogP contribution in [-0.4, -0.2) is 43.5 Å². The standard InChI is InChI=1S/C17H27N3O/c1-20(12-10-16-9-5-6-11-18-16)14-17(21)19-13-15-7-3-2-4-8-15/h2-4,7-8,16,18H,5-6,9-14H2,1H3,(H,19,21). The van der Waals surface area contributed by atoms with E-state index in [1.807, 2.05) is 37.4 Å². The van der Waals surface area contributed by atoms with E-state index in [0.29, 0.717) is 19.1 Å². The summed E-state index contributed by atoms with van der Waals surface area (Å²) in [5.74, 6) is 0.0953. The lowest BCUT2D eigenvalue weighted by Gasteiger charge is -2.25. The molecule has 4 nitrogen and oxygen atoms in total. The van der Waals surface area contributed by atoms with E-state index < -0.39 is 0 Å². The molecule has 1 aromatic carbocycles. The Labute approximate surface area is 127 Å². The molecule has 1 amide bonds. The fourth-order valence-corrected chi connectivity index (χ4v) is 2.72. The van der Waals surface area contributed by atoms with Crippen molar-refractivity contribution in [1.29, 1.82) is 0 Å². The van der Waals surface area contributed by atoms with E-state index >= 15 is 0 Å². The molecule has 0 saturated carbocycles. The lowest BCUT2D eigenvalue weighted by molar-refractivity contribution is -0.122. The average molecular weight is 289 g/mol. The zero-order valence-corrected chi connectivity index (χ0v) is 13.0. The Kier molecular flexibility index (Phi) is 6.70. The Bertz CT molecular complexity index is 415. The van der Waals surface area contributed by atoms with Crippen molar-refractivity contribution in [2.75, 3.05) is 26.7 Å². The van der Waals surface area contributed by atoms with Crippen LogP contribution in [0.25, 0.3) is 0 Å². The molecule has 1 heterocycles. The summed E-state index contributed by atoms with van der Waals surface area (Å²) in [6.07, 6.45) is 5.03. The first-order valence-electron chi connectivity index (χ1n) is 7.96. The molecule has 1 aliphatic heterocycles. The number of amides is 1. The minimum Gasteiger partial charge on any atom is -0.351 e. The third-order valence-electron chi connectivity index (χ3n) is 4.02. The fourth-order valence-electron chi connectivity index (χ4n) is 2.72. The monoisotopic (exact) mass is 289 g/mol. The Morgan fingerprint density at radius 2 is 2.14 bits per heavy atom. The van der Waals surface area contributed by atoms with E-state index in [-0.39, 0.29) is 5.91 Å². The van der Waals surface area contributed by atoms with Crippen LogP contribution >= 0.6 is 0 Å². The molecular formula is C17H27N3O.